The van der Waals surface area contributed by atoms with Gasteiger partial charge in [-0.15, -0.1) is 0 Å². The molecule has 3 aliphatic heterocycles. The number of rotatable bonds is 24. The molecule has 0 spiro atoms. The van der Waals surface area contributed by atoms with E-state index in [1.165, 1.54) is 13.3 Å². The van der Waals surface area contributed by atoms with Crippen LogP contribution in [0.1, 0.15) is 138 Å². The zero-order valence-electron chi connectivity index (χ0n) is 45.3. The lowest BCUT2D eigenvalue weighted by Gasteiger charge is -2.42. The second-order valence-electron chi connectivity index (χ2n) is 21.5. The molecule has 0 bridgehead atoms. The Morgan fingerprint density at radius 1 is 0.961 bits per heavy atom. The number of anilines is 2. The fraction of sp³-hybridized carbons (Fsp3) is 0.660. The highest BCUT2D eigenvalue weighted by Gasteiger charge is 2.49. The lowest BCUT2D eigenvalue weighted by Crippen LogP contribution is -2.66. The van der Waals surface area contributed by atoms with Crippen molar-refractivity contribution < 1.29 is 62.9 Å². The number of aliphatic hydroxyl groups is 3. The number of aliphatic hydroxyl groups excluding tert-OH is 3. The molecule has 2 unspecified atom stereocenters. The number of ether oxygens (including phenoxy) is 2. The van der Waals surface area contributed by atoms with Crippen molar-refractivity contribution in [3.63, 3.8) is 0 Å². The van der Waals surface area contributed by atoms with E-state index < -0.39 is 90.5 Å². The van der Waals surface area contributed by atoms with Crippen LogP contribution in [0.4, 0.5) is 16.3 Å². The average Bonchev–Trinajstić information content (AvgIpc) is 4.09. The molecule has 23 heteroatoms. The number of aromatic amines is 1. The molecule has 3 aromatic rings. The van der Waals surface area contributed by atoms with Gasteiger partial charge in [-0.25, -0.2) is 9.36 Å². The molecular weight excluding hydrogens is 983 g/mol. The molecule has 23 nitrogen and oxygen atoms in total. The predicted octanol–water partition coefficient (Wildman–Crippen LogP) is 3.09. The van der Waals surface area contributed by atoms with Gasteiger partial charge in [0.15, 0.2) is 24.7 Å². The third kappa shape index (κ3) is 14.0. The molecule has 76 heavy (non-hydrogen) atoms. The summed E-state index contributed by atoms with van der Waals surface area (Å²) in [7, 11) is 0. The number of nitrogens with zero attached hydrogens (tertiary/aromatic N) is 5. The molecule has 5 heterocycles. The topological polar surface area (TPSA) is 311 Å². The Labute approximate surface area is 444 Å². The zero-order chi connectivity index (χ0) is 55.6. The lowest BCUT2D eigenvalue weighted by molar-refractivity contribution is -0.701. The summed E-state index contributed by atoms with van der Waals surface area (Å²) < 4.78 is 13.7. The van der Waals surface area contributed by atoms with Gasteiger partial charge < -0.3 is 51.4 Å². The number of imide groups is 1. The molecule has 3 fully saturated rings. The van der Waals surface area contributed by atoms with E-state index in [4.69, 9.17) is 9.47 Å². The first kappa shape index (κ1) is 59.0. The van der Waals surface area contributed by atoms with E-state index >= 15 is 0 Å². The minimum atomic E-state index is -1.53. The number of likely N-dealkylation sites (tertiary alicyclic amines) is 2. The number of hydrogen-bond donors (Lipinski definition) is 9. The van der Waals surface area contributed by atoms with Gasteiger partial charge in [-0.05, 0) is 68.6 Å². The van der Waals surface area contributed by atoms with Crippen LogP contribution in [0.2, 0.25) is 0 Å². The standard InChI is InChI=1S/C53H79N11O12/c1-10-13-15-34(12-3)64-28-56-41-45(54-27-55-46(41)64)61-50-44(69)43(68)40(31(7)76-50)60-49(72)42-36(65)20-23-63(42)52(74)75-26-32-16-18-33(19-17-32)58-47(70)30(6)57-48(71)39(29(4)5)59-37(66)21-24-62-38(67)25-35(51(62)73)53(8,9)22-14-11-2/h16-19,27-31,34-36,39-40,42-44,50,65,68-69H,10-15,20-26H2,1-9H3,(H5,54,55,57,58,59,60,61,66,70,71,72)/p+1/t30-,31-,34?,35?,36-,39-,40-,42+,43+,44-,50-/m0/s1. The van der Waals surface area contributed by atoms with Crippen LogP contribution in [0.25, 0.3) is 11.2 Å². The quantitative estimate of drug-likeness (QED) is 0.0460. The third-order valence-electron chi connectivity index (χ3n) is 15.1. The number of hydrogen-bond acceptors (Lipinski definition) is 15. The first-order valence-electron chi connectivity index (χ1n) is 26.9. The number of imidazole rings is 1. The number of amides is 7. The van der Waals surface area contributed by atoms with Crippen LogP contribution in [0.15, 0.2) is 36.9 Å². The van der Waals surface area contributed by atoms with Gasteiger partial charge in [0.1, 0.15) is 36.9 Å². The normalized spacial score (nSPS) is 24.1. The van der Waals surface area contributed by atoms with E-state index in [0.29, 0.717) is 28.2 Å². The van der Waals surface area contributed by atoms with Gasteiger partial charge in [-0.1, -0.05) is 91.3 Å². The summed E-state index contributed by atoms with van der Waals surface area (Å²) in [6, 6.07) is 2.04. The van der Waals surface area contributed by atoms with E-state index in [9.17, 15) is 48.9 Å². The number of aromatic nitrogens is 4. The number of H-pyrrole nitrogens is 1. The molecule has 1 aromatic carbocycles. The summed E-state index contributed by atoms with van der Waals surface area (Å²) >= 11 is 0. The van der Waals surface area contributed by atoms with Gasteiger partial charge in [-0.2, -0.15) is 4.98 Å². The Kier molecular flexibility index (Phi) is 20.3. The summed E-state index contributed by atoms with van der Waals surface area (Å²) in [4.78, 5) is 107. The highest BCUT2D eigenvalue weighted by molar-refractivity contribution is 6.04. The van der Waals surface area contributed by atoms with E-state index in [2.05, 4.69) is 66.9 Å². The van der Waals surface area contributed by atoms with Gasteiger partial charge in [0.2, 0.25) is 41.0 Å². The Bertz CT molecular complexity index is 2520. The maximum Gasteiger partial charge on any atom is 0.410 e. The van der Waals surface area contributed by atoms with Gasteiger partial charge in [-0.3, -0.25) is 43.6 Å². The first-order chi connectivity index (χ1) is 36.1. The van der Waals surface area contributed by atoms with Crippen LogP contribution in [-0.2, 0) is 44.8 Å². The predicted molar refractivity (Wildman–Crippen MR) is 278 cm³/mol. The molecule has 0 saturated carbocycles. The molecule has 7 amide bonds. The Morgan fingerprint density at radius 3 is 2.34 bits per heavy atom. The van der Waals surface area contributed by atoms with E-state index in [-0.39, 0.29) is 68.1 Å². The molecule has 11 atom stereocenters. The van der Waals surface area contributed by atoms with E-state index in [1.807, 2.05) is 20.2 Å². The number of fused-ring (bicyclic) bond motifs is 1. The van der Waals surface area contributed by atoms with Gasteiger partial charge >= 0.3 is 11.7 Å². The summed E-state index contributed by atoms with van der Waals surface area (Å²) in [5, 5.41) is 47.3. The highest BCUT2D eigenvalue weighted by atomic mass is 16.6. The Hall–Kier alpha value is -6.30. The van der Waals surface area contributed by atoms with Crippen LogP contribution in [-0.4, -0.2) is 150 Å². The number of nitrogens with one attached hydrogen (secondary N) is 6. The summed E-state index contributed by atoms with van der Waals surface area (Å²) in [6.07, 6.45) is 2.81. The second-order valence-corrected chi connectivity index (χ2v) is 21.5. The SMILES string of the molecule is CCCCC(CC)[n+]1c[nH]c2c(N[C@H]3O[C@@H](C)[C@H](NC(=O)[C@H]4[C@@H](O)CCN4C(=O)OCc4ccc(NC(=O)[C@H](C)NC(=O)[C@@H](NC(=O)CCN5C(=O)CC(C(C)(C)CCCC)C5=O)C(C)C)cc4)[C@@H](O)[C@@H]3O)ncnc21. The smallest absolute Gasteiger partial charge is 0.410 e. The largest absolute Gasteiger partial charge is 0.445 e. The van der Waals surface area contributed by atoms with Crippen LogP contribution in [0, 0.1) is 17.3 Å². The highest BCUT2D eigenvalue weighted by Crippen LogP contribution is 2.40. The monoisotopic (exact) mass is 1060 g/mol. The molecule has 418 valence electrons. The number of unbranched alkanes of at least 4 members (excludes halogenated alkanes) is 2. The molecule has 3 saturated heterocycles. The van der Waals surface area contributed by atoms with Crippen LogP contribution in [0.5, 0.6) is 0 Å². The van der Waals surface area contributed by atoms with Crippen molar-refractivity contribution in [2.24, 2.45) is 17.3 Å². The van der Waals surface area contributed by atoms with E-state index in [1.54, 1.807) is 45.0 Å². The van der Waals surface area contributed by atoms with Crippen LogP contribution >= 0.6 is 0 Å². The number of benzene rings is 1. The summed E-state index contributed by atoms with van der Waals surface area (Å²) in [5.41, 5.74) is 1.81. The summed E-state index contributed by atoms with van der Waals surface area (Å²) in [5.74, 6) is -3.50. The van der Waals surface area contributed by atoms with Crippen molar-refractivity contribution in [3.8, 4) is 0 Å². The Balaban J connectivity index is 0.952. The molecule has 0 aliphatic carbocycles. The third-order valence-corrected chi connectivity index (χ3v) is 15.1. The Morgan fingerprint density at radius 2 is 1.67 bits per heavy atom. The molecule has 0 radical (unpaired) electrons. The van der Waals surface area contributed by atoms with Crippen molar-refractivity contribution in [1.29, 1.82) is 0 Å². The van der Waals surface area contributed by atoms with Gasteiger partial charge in [0.25, 0.3) is 0 Å². The van der Waals surface area contributed by atoms with Crippen LogP contribution < -0.4 is 31.2 Å². The fourth-order valence-corrected chi connectivity index (χ4v) is 10.2. The van der Waals surface area contributed by atoms with Crippen molar-refractivity contribution in [2.45, 2.75) is 194 Å². The maximum absolute atomic E-state index is 13.7. The van der Waals surface area contributed by atoms with Gasteiger partial charge in [0, 0.05) is 31.6 Å². The minimum Gasteiger partial charge on any atom is -0.445 e. The molecule has 3 aliphatic rings. The molecular formula is C53H80N11O12+. The van der Waals surface area contributed by atoms with E-state index in [0.717, 1.165) is 54.7 Å². The first-order valence-corrected chi connectivity index (χ1v) is 26.9. The number of carbonyl (C=O) groups excluding carboxylic acids is 7. The molecule has 2 aromatic heterocycles. The van der Waals surface area contributed by atoms with Crippen molar-refractivity contribution in [3.05, 3.63) is 42.5 Å². The van der Waals surface area contributed by atoms with Crippen molar-refractivity contribution >= 4 is 64.2 Å². The molecule has 6 rings (SSSR count). The average molecular weight is 1060 g/mol. The zero-order valence-corrected chi connectivity index (χ0v) is 45.3. The second kappa shape index (κ2) is 26.2. The van der Waals surface area contributed by atoms with Crippen LogP contribution in [0.3, 0.4) is 0 Å². The molecule has 9 N–H and O–H groups in total. The number of carbonyl (C=O) groups is 7. The fourth-order valence-electron chi connectivity index (χ4n) is 10.2. The maximum atomic E-state index is 13.7. The minimum absolute atomic E-state index is 0.00115. The van der Waals surface area contributed by atoms with Gasteiger partial charge in [0.05, 0.1) is 30.2 Å². The summed E-state index contributed by atoms with van der Waals surface area (Å²) in [6.45, 7) is 16.6. The lowest BCUT2D eigenvalue weighted by atomic mass is 9.74. The van der Waals surface area contributed by atoms with Crippen molar-refractivity contribution in [2.75, 3.05) is 23.7 Å². The van der Waals surface area contributed by atoms with Crippen molar-refractivity contribution in [1.82, 2.24) is 40.7 Å².